The summed E-state index contributed by atoms with van der Waals surface area (Å²) < 4.78 is 5.64. The summed E-state index contributed by atoms with van der Waals surface area (Å²) in [4.78, 5) is 0. The number of hydrogen-bond acceptors (Lipinski definition) is 2. The van der Waals surface area contributed by atoms with Crippen molar-refractivity contribution in [3.63, 3.8) is 0 Å². The summed E-state index contributed by atoms with van der Waals surface area (Å²) in [5.41, 5.74) is 0.444. The lowest BCUT2D eigenvalue weighted by molar-refractivity contribution is -0.0358. The van der Waals surface area contributed by atoms with Crippen LogP contribution in [0.1, 0.15) is 46.5 Å². The molecule has 0 aromatic heterocycles. The average Bonchev–Trinajstić information content (AvgIpc) is 2.72. The van der Waals surface area contributed by atoms with E-state index < -0.39 is 0 Å². The van der Waals surface area contributed by atoms with E-state index in [9.17, 15) is 0 Å². The van der Waals surface area contributed by atoms with Crippen LogP contribution in [0.4, 0.5) is 0 Å². The first-order valence-electron chi connectivity index (χ1n) is 5.97. The fourth-order valence-electron chi connectivity index (χ4n) is 2.94. The molecule has 0 aromatic carbocycles. The number of aliphatic hydroxyl groups is 1. The van der Waals surface area contributed by atoms with Crippen molar-refractivity contribution in [2.45, 2.75) is 52.6 Å². The number of ether oxygens (including phenoxy) is 1. The van der Waals surface area contributed by atoms with Crippen LogP contribution in [-0.4, -0.2) is 24.4 Å². The molecular weight excluding hydrogens is 176 g/mol. The molecule has 2 fully saturated rings. The first-order valence-corrected chi connectivity index (χ1v) is 5.97. The van der Waals surface area contributed by atoms with E-state index in [-0.39, 0.29) is 6.61 Å². The lowest BCUT2D eigenvalue weighted by Crippen LogP contribution is -2.30. The Kier molecular flexibility index (Phi) is 4.39. The zero-order chi connectivity index (χ0) is 10.6. The van der Waals surface area contributed by atoms with E-state index in [1.54, 1.807) is 0 Å². The van der Waals surface area contributed by atoms with Crippen molar-refractivity contribution in [3.05, 3.63) is 0 Å². The van der Waals surface area contributed by atoms with Crippen LogP contribution in [-0.2, 0) is 4.74 Å². The molecule has 2 saturated carbocycles. The summed E-state index contributed by atoms with van der Waals surface area (Å²) in [6.45, 7) is 7.02. The van der Waals surface area contributed by atoms with E-state index >= 15 is 0 Å². The van der Waals surface area contributed by atoms with Crippen LogP contribution in [0.25, 0.3) is 0 Å². The minimum absolute atomic E-state index is 0.164. The molecule has 2 rings (SSSR count). The van der Waals surface area contributed by atoms with Gasteiger partial charge in [-0.25, -0.2) is 0 Å². The summed E-state index contributed by atoms with van der Waals surface area (Å²) in [6, 6.07) is 0. The molecule has 0 aromatic rings. The van der Waals surface area contributed by atoms with Crippen LogP contribution in [0.15, 0.2) is 0 Å². The topological polar surface area (TPSA) is 29.5 Å². The first-order chi connectivity index (χ1) is 6.74. The van der Waals surface area contributed by atoms with E-state index in [1.165, 1.54) is 25.7 Å². The second-order valence-corrected chi connectivity index (χ2v) is 4.58. The Morgan fingerprint density at radius 3 is 2.57 bits per heavy atom. The Morgan fingerprint density at radius 2 is 2.14 bits per heavy atom. The Bertz CT molecular complexity index is 170. The van der Waals surface area contributed by atoms with Gasteiger partial charge < -0.3 is 9.84 Å². The van der Waals surface area contributed by atoms with E-state index in [0.29, 0.717) is 18.1 Å². The van der Waals surface area contributed by atoms with Gasteiger partial charge in [-0.15, -0.1) is 0 Å². The van der Waals surface area contributed by atoms with Crippen molar-refractivity contribution < 1.29 is 9.84 Å². The van der Waals surface area contributed by atoms with E-state index in [1.807, 2.05) is 13.8 Å². The molecule has 0 aliphatic heterocycles. The Labute approximate surface area is 87.7 Å². The highest BCUT2D eigenvalue weighted by Crippen LogP contribution is 2.54. The lowest BCUT2D eigenvalue weighted by Gasteiger charge is -2.31. The van der Waals surface area contributed by atoms with Gasteiger partial charge in [-0.1, -0.05) is 20.8 Å². The second-order valence-electron chi connectivity index (χ2n) is 4.58. The van der Waals surface area contributed by atoms with Crippen molar-refractivity contribution in [3.8, 4) is 0 Å². The van der Waals surface area contributed by atoms with Gasteiger partial charge in [-0.3, -0.25) is 0 Å². The van der Waals surface area contributed by atoms with E-state index in [0.717, 1.165) is 5.92 Å². The number of hydrogen-bond donors (Lipinski definition) is 1. The third kappa shape index (κ3) is 2.29. The van der Waals surface area contributed by atoms with Crippen LogP contribution in [0.2, 0.25) is 0 Å². The van der Waals surface area contributed by atoms with E-state index in [2.05, 4.69) is 6.92 Å². The van der Waals surface area contributed by atoms with Gasteiger partial charge in [0.2, 0.25) is 0 Å². The molecule has 0 saturated heterocycles. The van der Waals surface area contributed by atoms with Crippen molar-refractivity contribution in [1.29, 1.82) is 0 Å². The van der Waals surface area contributed by atoms with Crippen LogP contribution < -0.4 is 0 Å². The third-order valence-corrected chi connectivity index (χ3v) is 3.61. The molecule has 2 heteroatoms. The Morgan fingerprint density at radius 1 is 1.43 bits per heavy atom. The van der Waals surface area contributed by atoms with Crippen molar-refractivity contribution in [2.75, 3.05) is 13.2 Å². The molecule has 2 bridgehead atoms. The number of fused-ring (bicyclic) bond motifs is 2. The van der Waals surface area contributed by atoms with Crippen LogP contribution in [0, 0.1) is 11.3 Å². The molecule has 1 N–H and O–H groups in total. The molecule has 14 heavy (non-hydrogen) atoms. The molecule has 3 atom stereocenters. The van der Waals surface area contributed by atoms with Crippen molar-refractivity contribution >= 4 is 0 Å². The third-order valence-electron chi connectivity index (χ3n) is 3.61. The molecule has 3 unspecified atom stereocenters. The Balaban J connectivity index is 0.000000461. The largest absolute Gasteiger partial charge is 0.394 e. The molecule has 0 heterocycles. The minimum Gasteiger partial charge on any atom is -0.394 e. The van der Waals surface area contributed by atoms with E-state index in [4.69, 9.17) is 9.84 Å². The van der Waals surface area contributed by atoms with Gasteiger partial charge >= 0.3 is 0 Å². The molecular formula is C12H24O2. The van der Waals surface area contributed by atoms with Gasteiger partial charge in [-0.2, -0.15) is 0 Å². The van der Waals surface area contributed by atoms with Crippen molar-refractivity contribution in [2.24, 2.45) is 11.3 Å². The quantitative estimate of drug-likeness (QED) is 0.759. The van der Waals surface area contributed by atoms with Gasteiger partial charge in [0.1, 0.15) is 0 Å². The predicted molar refractivity (Wildman–Crippen MR) is 58.2 cm³/mol. The molecule has 2 aliphatic carbocycles. The average molecular weight is 200 g/mol. The van der Waals surface area contributed by atoms with Crippen LogP contribution in [0.5, 0.6) is 0 Å². The smallest absolute Gasteiger partial charge is 0.0701 e. The van der Waals surface area contributed by atoms with Crippen LogP contribution in [0.3, 0.4) is 0 Å². The number of aliphatic hydroxyl groups excluding tert-OH is 1. The molecule has 84 valence electrons. The fourth-order valence-corrected chi connectivity index (χ4v) is 2.94. The van der Waals surface area contributed by atoms with Gasteiger partial charge in [0.15, 0.2) is 0 Å². The number of rotatable bonds is 3. The standard InChI is InChI=1S/C10H18O2.C2H6/c1-10-3-2-8(7-10)6-9(10)12-5-4-11;1-2/h8-9,11H,2-7H2,1H3;1-2H3. The van der Waals surface area contributed by atoms with Gasteiger partial charge in [0.25, 0.3) is 0 Å². The van der Waals surface area contributed by atoms with Gasteiger partial charge in [-0.05, 0) is 37.0 Å². The molecule has 2 aliphatic rings. The summed E-state index contributed by atoms with van der Waals surface area (Å²) in [7, 11) is 0. The first kappa shape index (κ1) is 12.0. The maximum Gasteiger partial charge on any atom is 0.0701 e. The zero-order valence-corrected chi connectivity index (χ0v) is 9.75. The lowest BCUT2D eigenvalue weighted by atomic mass is 9.84. The SMILES string of the molecule is CC.CC12CCC(CC1OCCO)C2. The van der Waals surface area contributed by atoms with Crippen LogP contribution >= 0.6 is 0 Å². The maximum absolute atomic E-state index is 8.66. The van der Waals surface area contributed by atoms with Gasteiger partial charge in [0, 0.05) is 0 Å². The predicted octanol–water partition coefficient (Wildman–Crippen LogP) is 2.60. The molecule has 0 radical (unpaired) electrons. The Hall–Kier alpha value is -0.0800. The maximum atomic E-state index is 8.66. The molecule has 0 spiro atoms. The summed E-state index contributed by atoms with van der Waals surface area (Å²) in [6.07, 6.45) is 5.74. The summed E-state index contributed by atoms with van der Waals surface area (Å²) >= 11 is 0. The fraction of sp³-hybridized carbons (Fsp3) is 1.00. The highest BCUT2D eigenvalue weighted by Gasteiger charge is 2.49. The molecule has 0 amide bonds. The highest BCUT2D eigenvalue weighted by atomic mass is 16.5. The summed E-state index contributed by atoms with van der Waals surface area (Å²) in [5.74, 6) is 0.915. The second kappa shape index (κ2) is 5.13. The highest BCUT2D eigenvalue weighted by molar-refractivity contribution is 4.99. The monoisotopic (exact) mass is 200 g/mol. The normalized spacial score (nSPS) is 39.4. The molecule has 2 nitrogen and oxygen atoms in total. The minimum atomic E-state index is 0.164. The zero-order valence-electron chi connectivity index (χ0n) is 9.75. The van der Waals surface area contributed by atoms with Gasteiger partial charge in [0.05, 0.1) is 19.3 Å². The summed E-state index contributed by atoms with van der Waals surface area (Å²) in [5, 5.41) is 8.66. The van der Waals surface area contributed by atoms with Crippen molar-refractivity contribution in [1.82, 2.24) is 0 Å².